The standard InChI is InChI=1S/C17H29NO2/c1-2-19-16-11-15(17(16)8-4-3-5-9-17)18-13-10-12-6-7-14(13)20-12/h12-16,18H,2-11H2,1H3. The van der Waals surface area contributed by atoms with E-state index >= 15 is 0 Å². The van der Waals surface area contributed by atoms with Crippen molar-refractivity contribution in [3.05, 3.63) is 0 Å². The molecule has 0 aromatic heterocycles. The summed E-state index contributed by atoms with van der Waals surface area (Å²) in [5.41, 5.74) is 0.454. The minimum Gasteiger partial charge on any atom is -0.378 e. The van der Waals surface area contributed by atoms with Gasteiger partial charge in [0, 0.05) is 24.1 Å². The normalized spacial score (nSPS) is 45.8. The molecular weight excluding hydrogens is 250 g/mol. The monoisotopic (exact) mass is 279 g/mol. The van der Waals surface area contributed by atoms with Gasteiger partial charge >= 0.3 is 0 Å². The maximum absolute atomic E-state index is 6.06. The third kappa shape index (κ3) is 2.05. The highest BCUT2D eigenvalue weighted by Crippen LogP contribution is 2.54. The van der Waals surface area contributed by atoms with Gasteiger partial charge in [-0.05, 0) is 45.4 Å². The molecule has 2 aliphatic heterocycles. The summed E-state index contributed by atoms with van der Waals surface area (Å²) in [6.45, 7) is 3.01. The lowest BCUT2D eigenvalue weighted by Gasteiger charge is -2.58. The lowest BCUT2D eigenvalue weighted by molar-refractivity contribution is -0.153. The van der Waals surface area contributed by atoms with Crippen LogP contribution in [-0.4, -0.2) is 37.0 Å². The molecule has 2 aliphatic carbocycles. The van der Waals surface area contributed by atoms with Gasteiger partial charge < -0.3 is 14.8 Å². The van der Waals surface area contributed by atoms with Gasteiger partial charge in [0.1, 0.15) is 0 Å². The highest BCUT2D eigenvalue weighted by Gasteiger charge is 2.57. The van der Waals surface area contributed by atoms with E-state index in [2.05, 4.69) is 12.2 Å². The summed E-state index contributed by atoms with van der Waals surface area (Å²) in [6.07, 6.45) is 13.6. The van der Waals surface area contributed by atoms with E-state index in [0.29, 0.717) is 35.8 Å². The van der Waals surface area contributed by atoms with E-state index in [1.165, 1.54) is 57.8 Å². The first kappa shape index (κ1) is 13.5. The zero-order valence-corrected chi connectivity index (χ0v) is 12.8. The second kappa shape index (κ2) is 5.26. The minimum absolute atomic E-state index is 0.454. The molecule has 0 aromatic carbocycles. The van der Waals surface area contributed by atoms with Crippen molar-refractivity contribution < 1.29 is 9.47 Å². The van der Waals surface area contributed by atoms with E-state index < -0.39 is 0 Å². The summed E-state index contributed by atoms with van der Waals surface area (Å²) in [4.78, 5) is 0. The van der Waals surface area contributed by atoms with Crippen molar-refractivity contribution in [3.8, 4) is 0 Å². The van der Waals surface area contributed by atoms with Gasteiger partial charge in [-0.25, -0.2) is 0 Å². The van der Waals surface area contributed by atoms with Gasteiger partial charge in [0.2, 0.25) is 0 Å². The van der Waals surface area contributed by atoms with E-state index in [4.69, 9.17) is 9.47 Å². The van der Waals surface area contributed by atoms with Crippen molar-refractivity contribution in [1.82, 2.24) is 5.32 Å². The Hall–Kier alpha value is -0.120. The quantitative estimate of drug-likeness (QED) is 0.858. The predicted molar refractivity (Wildman–Crippen MR) is 78.8 cm³/mol. The van der Waals surface area contributed by atoms with Gasteiger partial charge in [-0.2, -0.15) is 0 Å². The Labute approximate surface area is 122 Å². The molecule has 4 fully saturated rings. The highest BCUT2D eigenvalue weighted by molar-refractivity contribution is 5.11. The fraction of sp³-hybridized carbons (Fsp3) is 1.00. The van der Waals surface area contributed by atoms with Gasteiger partial charge in [-0.3, -0.25) is 0 Å². The molecule has 2 bridgehead atoms. The second-order valence-corrected chi connectivity index (χ2v) is 7.41. The summed E-state index contributed by atoms with van der Waals surface area (Å²) in [5.74, 6) is 0. The Kier molecular flexibility index (Phi) is 3.56. The smallest absolute Gasteiger partial charge is 0.0733 e. The molecule has 4 aliphatic rings. The van der Waals surface area contributed by atoms with Crippen LogP contribution >= 0.6 is 0 Å². The van der Waals surface area contributed by atoms with Crippen LogP contribution in [-0.2, 0) is 9.47 Å². The van der Waals surface area contributed by atoms with Crippen LogP contribution in [0.4, 0.5) is 0 Å². The Morgan fingerprint density at radius 1 is 1.15 bits per heavy atom. The molecule has 5 unspecified atom stereocenters. The van der Waals surface area contributed by atoms with Crippen LogP contribution in [0.1, 0.15) is 64.7 Å². The summed E-state index contributed by atoms with van der Waals surface area (Å²) < 4.78 is 12.1. The Morgan fingerprint density at radius 2 is 2.00 bits per heavy atom. The maximum Gasteiger partial charge on any atom is 0.0733 e. The van der Waals surface area contributed by atoms with Crippen molar-refractivity contribution in [2.24, 2.45) is 5.41 Å². The molecule has 0 amide bonds. The third-order valence-electron chi connectivity index (χ3n) is 6.46. The average Bonchev–Trinajstić information content (AvgIpc) is 3.10. The van der Waals surface area contributed by atoms with E-state index in [0.717, 1.165) is 6.61 Å². The number of fused-ring (bicyclic) bond motifs is 2. The van der Waals surface area contributed by atoms with Gasteiger partial charge in [-0.1, -0.05) is 19.3 Å². The maximum atomic E-state index is 6.06. The molecule has 4 rings (SSSR count). The molecule has 2 saturated carbocycles. The fourth-order valence-corrected chi connectivity index (χ4v) is 5.37. The number of nitrogens with one attached hydrogen (secondary N) is 1. The van der Waals surface area contributed by atoms with Gasteiger partial charge in [-0.15, -0.1) is 0 Å². The fourth-order valence-electron chi connectivity index (χ4n) is 5.37. The van der Waals surface area contributed by atoms with Crippen LogP contribution in [0.5, 0.6) is 0 Å². The van der Waals surface area contributed by atoms with Crippen molar-refractivity contribution in [2.45, 2.75) is 95.1 Å². The van der Waals surface area contributed by atoms with Crippen LogP contribution < -0.4 is 5.32 Å². The largest absolute Gasteiger partial charge is 0.378 e. The molecule has 0 aromatic rings. The molecule has 114 valence electrons. The lowest BCUT2D eigenvalue weighted by Crippen LogP contribution is -2.66. The van der Waals surface area contributed by atoms with E-state index in [1.807, 2.05) is 0 Å². The molecule has 0 radical (unpaired) electrons. The van der Waals surface area contributed by atoms with Crippen LogP contribution in [0.2, 0.25) is 0 Å². The summed E-state index contributed by atoms with van der Waals surface area (Å²) in [7, 11) is 0. The van der Waals surface area contributed by atoms with E-state index in [-0.39, 0.29) is 0 Å². The molecule has 1 N–H and O–H groups in total. The molecular formula is C17H29NO2. The molecule has 2 saturated heterocycles. The first-order valence-corrected chi connectivity index (χ1v) is 8.85. The third-order valence-corrected chi connectivity index (χ3v) is 6.46. The number of hydrogen-bond acceptors (Lipinski definition) is 3. The predicted octanol–water partition coefficient (Wildman–Crippen LogP) is 3.02. The molecule has 5 atom stereocenters. The Balaban J connectivity index is 1.42. The summed E-state index contributed by atoms with van der Waals surface area (Å²) >= 11 is 0. The number of rotatable bonds is 4. The Bertz CT molecular complexity index is 353. The SMILES string of the molecule is CCOC1CC(NC2CC3CCC2O3)C12CCCCC2. The van der Waals surface area contributed by atoms with Crippen LogP contribution in [0.25, 0.3) is 0 Å². The average molecular weight is 279 g/mol. The zero-order valence-electron chi connectivity index (χ0n) is 12.8. The van der Waals surface area contributed by atoms with E-state index in [1.54, 1.807) is 0 Å². The summed E-state index contributed by atoms with van der Waals surface area (Å²) in [5, 5.41) is 3.99. The molecule has 2 heterocycles. The van der Waals surface area contributed by atoms with E-state index in [9.17, 15) is 0 Å². The molecule has 3 nitrogen and oxygen atoms in total. The van der Waals surface area contributed by atoms with Gasteiger partial charge in [0.05, 0.1) is 18.3 Å². The van der Waals surface area contributed by atoms with Gasteiger partial charge in [0.25, 0.3) is 0 Å². The van der Waals surface area contributed by atoms with Crippen LogP contribution in [0.3, 0.4) is 0 Å². The number of hydrogen-bond donors (Lipinski definition) is 1. The lowest BCUT2D eigenvalue weighted by atomic mass is 9.55. The minimum atomic E-state index is 0.454. The van der Waals surface area contributed by atoms with Crippen LogP contribution in [0, 0.1) is 5.41 Å². The van der Waals surface area contributed by atoms with Crippen molar-refractivity contribution in [1.29, 1.82) is 0 Å². The summed E-state index contributed by atoms with van der Waals surface area (Å²) in [6, 6.07) is 1.31. The van der Waals surface area contributed by atoms with Crippen molar-refractivity contribution in [3.63, 3.8) is 0 Å². The number of ether oxygens (including phenoxy) is 2. The zero-order chi connectivity index (χ0) is 13.6. The highest BCUT2D eigenvalue weighted by atomic mass is 16.5. The second-order valence-electron chi connectivity index (χ2n) is 7.41. The molecule has 20 heavy (non-hydrogen) atoms. The Morgan fingerprint density at radius 3 is 2.65 bits per heavy atom. The van der Waals surface area contributed by atoms with Gasteiger partial charge in [0.15, 0.2) is 0 Å². The topological polar surface area (TPSA) is 30.5 Å². The molecule has 3 heteroatoms. The van der Waals surface area contributed by atoms with Crippen molar-refractivity contribution in [2.75, 3.05) is 6.61 Å². The van der Waals surface area contributed by atoms with Crippen molar-refractivity contribution >= 4 is 0 Å². The first-order valence-electron chi connectivity index (χ1n) is 8.85. The molecule has 1 spiro atoms. The van der Waals surface area contributed by atoms with Crippen LogP contribution in [0.15, 0.2) is 0 Å². The first-order chi connectivity index (χ1) is 9.82.